The molecule has 2 heterocycles. The van der Waals surface area contributed by atoms with Gasteiger partial charge in [0.15, 0.2) is 0 Å². The molecule has 1 aliphatic rings. The molecule has 3 nitrogen and oxygen atoms in total. The molecule has 1 atom stereocenters. The fraction of sp³-hybridized carbons (Fsp3) is 0.350. The summed E-state index contributed by atoms with van der Waals surface area (Å²) in [5, 5.41) is 0. The first-order chi connectivity index (χ1) is 11.6. The van der Waals surface area contributed by atoms with Crippen molar-refractivity contribution in [2.75, 3.05) is 6.54 Å². The number of halogens is 1. The van der Waals surface area contributed by atoms with Gasteiger partial charge in [0, 0.05) is 32.6 Å². The second kappa shape index (κ2) is 6.02. The molecule has 1 unspecified atom stereocenters. The molecular formula is C20H22FN3. The van der Waals surface area contributed by atoms with E-state index >= 15 is 0 Å². The van der Waals surface area contributed by atoms with Gasteiger partial charge < -0.3 is 4.57 Å². The molecule has 4 heteroatoms. The van der Waals surface area contributed by atoms with Gasteiger partial charge in [-0.15, -0.1) is 0 Å². The van der Waals surface area contributed by atoms with Crippen LogP contribution < -0.4 is 0 Å². The molecule has 1 aromatic heterocycles. The van der Waals surface area contributed by atoms with Crippen LogP contribution in [0.2, 0.25) is 0 Å². The van der Waals surface area contributed by atoms with Crippen molar-refractivity contribution in [3.05, 3.63) is 65.2 Å². The molecule has 3 aromatic rings. The van der Waals surface area contributed by atoms with Crippen molar-refractivity contribution in [2.24, 2.45) is 7.05 Å². The van der Waals surface area contributed by atoms with Crippen molar-refractivity contribution in [1.82, 2.24) is 14.5 Å². The first kappa shape index (κ1) is 15.3. The Bertz CT molecular complexity index is 884. The van der Waals surface area contributed by atoms with Crippen molar-refractivity contribution < 1.29 is 4.39 Å². The Morgan fingerprint density at radius 1 is 1.17 bits per heavy atom. The highest BCUT2D eigenvalue weighted by Gasteiger charge is 2.23. The summed E-state index contributed by atoms with van der Waals surface area (Å²) in [5.74, 6) is 0.988. The molecule has 0 amide bonds. The highest BCUT2D eigenvalue weighted by molar-refractivity contribution is 5.75. The summed E-state index contributed by atoms with van der Waals surface area (Å²) in [6.07, 6.45) is 1.84. The standard InChI is InChI=1S/C20H22FN3/c1-14-11-16-12-17(21)8-7-15(16)13-24(14)10-9-20-22-18-5-3-4-6-19(18)23(20)2/h3-8,12,14H,9-11,13H2,1-2H3. The fourth-order valence-electron chi connectivity index (χ4n) is 3.72. The number of para-hydroxylation sites is 2. The zero-order chi connectivity index (χ0) is 16.7. The lowest BCUT2D eigenvalue weighted by molar-refractivity contribution is 0.185. The zero-order valence-electron chi connectivity index (χ0n) is 14.2. The number of aryl methyl sites for hydroxylation is 1. The van der Waals surface area contributed by atoms with Crippen molar-refractivity contribution in [3.63, 3.8) is 0 Å². The number of nitrogens with zero attached hydrogens (tertiary/aromatic N) is 3. The van der Waals surface area contributed by atoms with Gasteiger partial charge in [0.25, 0.3) is 0 Å². The minimum atomic E-state index is -0.130. The van der Waals surface area contributed by atoms with Gasteiger partial charge in [-0.2, -0.15) is 0 Å². The maximum absolute atomic E-state index is 13.4. The number of hydrogen-bond acceptors (Lipinski definition) is 2. The van der Waals surface area contributed by atoms with Crippen LogP contribution >= 0.6 is 0 Å². The average Bonchev–Trinajstić information content (AvgIpc) is 2.89. The quantitative estimate of drug-likeness (QED) is 0.733. The lowest BCUT2D eigenvalue weighted by Gasteiger charge is -2.34. The van der Waals surface area contributed by atoms with Gasteiger partial charge in [0.2, 0.25) is 0 Å². The first-order valence-corrected chi connectivity index (χ1v) is 8.53. The van der Waals surface area contributed by atoms with Crippen molar-refractivity contribution in [2.45, 2.75) is 32.4 Å². The number of benzene rings is 2. The van der Waals surface area contributed by atoms with E-state index < -0.39 is 0 Å². The van der Waals surface area contributed by atoms with E-state index in [1.807, 2.05) is 12.1 Å². The Morgan fingerprint density at radius 3 is 2.83 bits per heavy atom. The van der Waals surface area contributed by atoms with Crippen LogP contribution in [0, 0.1) is 5.82 Å². The van der Waals surface area contributed by atoms with Crippen LogP contribution in [0.15, 0.2) is 42.5 Å². The second-order valence-corrected chi connectivity index (χ2v) is 6.76. The van der Waals surface area contributed by atoms with E-state index in [1.54, 1.807) is 12.1 Å². The summed E-state index contributed by atoms with van der Waals surface area (Å²) in [6.45, 7) is 4.08. The van der Waals surface area contributed by atoms with Gasteiger partial charge in [-0.1, -0.05) is 18.2 Å². The summed E-state index contributed by atoms with van der Waals surface area (Å²) < 4.78 is 15.6. The van der Waals surface area contributed by atoms with E-state index in [1.165, 1.54) is 11.1 Å². The third kappa shape index (κ3) is 2.71. The second-order valence-electron chi connectivity index (χ2n) is 6.76. The third-order valence-corrected chi connectivity index (χ3v) is 5.18. The topological polar surface area (TPSA) is 21.1 Å². The van der Waals surface area contributed by atoms with Gasteiger partial charge in [-0.25, -0.2) is 9.37 Å². The van der Waals surface area contributed by atoms with E-state index in [0.717, 1.165) is 42.8 Å². The molecule has 0 saturated carbocycles. The number of imidazole rings is 1. The van der Waals surface area contributed by atoms with Gasteiger partial charge in [-0.3, -0.25) is 4.90 Å². The van der Waals surface area contributed by atoms with Crippen molar-refractivity contribution >= 4 is 11.0 Å². The first-order valence-electron chi connectivity index (χ1n) is 8.53. The van der Waals surface area contributed by atoms with Gasteiger partial charge in [0.05, 0.1) is 11.0 Å². The van der Waals surface area contributed by atoms with E-state index in [9.17, 15) is 4.39 Å². The third-order valence-electron chi connectivity index (χ3n) is 5.18. The van der Waals surface area contributed by atoms with E-state index in [-0.39, 0.29) is 5.82 Å². The number of aromatic nitrogens is 2. The maximum Gasteiger partial charge on any atom is 0.123 e. The largest absolute Gasteiger partial charge is 0.331 e. The van der Waals surface area contributed by atoms with Gasteiger partial charge in [0.1, 0.15) is 11.6 Å². The molecular weight excluding hydrogens is 301 g/mol. The zero-order valence-corrected chi connectivity index (χ0v) is 14.2. The highest BCUT2D eigenvalue weighted by atomic mass is 19.1. The van der Waals surface area contributed by atoms with E-state index in [2.05, 4.69) is 41.6 Å². The molecule has 0 spiro atoms. The van der Waals surface area contributed by atoms with Gasteiger partial charge in [-0.05, 0) is 48.7 Å². The summed E-state index contributed by atoms with van der Waals surface area (Å²) in [6, 6.07) is 13.9. The van der Waals surface area contributed by atoms with Crippen LogP contribution in [0.3, 0.4) is 0 Å². The molecule has 0 fully saturated rings. The lowest BCUT2D eigenvalue weighted by atomic mass is 9.94. The van der Waals surface area contributed by atoms with E-state index in [0.29, 0.717) is 6.04 Å². The lowest BCUT2D eigenvalue weighted by Crippen LogP contribution is -2.39. The summed E-state index contributed by atoms with van der Waals surface area (Å²) >= 11 is 0. The fourth-order valence-corrected chi connectivity index (χ4v) is 3.72. The molecule has 24 heavy (non-hydrogen) atoms. The Morgan fingerprint density at radius 2 is 2.00 bits per heavy atom. The van der Waals surface area contributed by atoms with Crippen LogP contribution in [0.1, 0.15) is 23.9 Å². The smallest absolute Gasteiger partial charge is 0.123 e. The summed E-state index contributed by atoms with van der Waals surface area (Å²) in [7, 11) is 2.09. The Balaban J connectivity index is 1.51. The number of fused-ring (bicyclic) bond motifs is 2. The maximum atomic E-state index is 13.4. The molecule has 0 bridgehead atoms. The molecule has 0 radical (unpaired) electrons. The molecule has 2 aromatic carbocycles. The molecule has 0 aliphatic carbocycles. The molecule has 1 aliphatic heterocycles. The normalized spacial score (nSPS) is 18.0. The summed E-state index contributed by atoms with van der Waals surface area (Å²) in [5.41, 5.74) is 4.64. The Labute approximate surface area is 141 Å². The number of rotatable bonds is 3. The summed E-state index contributed by atoms with van der Waals surface area (Å²) in [4.78, 5) is 7.24. The molecule has 4 rings (SSSR count). The molecule has 0 saturated heterocycles. The van der Waals surface area contributed by atoms with Crippen LogP contribution in [0.4, 0.5) is 4.39 Å². The van der Waals surface area contributed by atoms with Crippen LogP contribution in [0.5, 0.6) is 0 Å². The predicted molar refractivity (Wildman–Crippen MR) is 94.4 cm³/mol. The Hall–Kier alpha value is -2.20. The number of hydrogen-bond donors (Lipinski definition) is 0. The predicted octanol–water partition coefficient (Wildman–Crippen LogP) is 3.70. The Kier molecular flexibility index (Phi) is 3.85. The van der Waals surface area contributed by atoms with Crippen LogP contribution in [0.25, 0.3) is 11.0 Å². The molecule has 124 valence electrons. The van der Waals surface area contributed by atoms with Crippen LogP contribution in [-0.4, -0.2) is 27.0 Å². The minimum absolute atomic E-state index is 0.130. The minimum Gasteiger partial charge on any atom is -0.331 e. The van der Waals surface area contributed by atoms with Gasteiger partial charge >= 0.3 is 0 Å². The van der Waals surface area contributed by atoms with Crippen molar-refractivity contribution in [3.8, 4) is 0 Å². The highest BCUT2D eigenvalue weighted by Crippen LogP contribution is 2.24. The average molecular weight is 323 g/mol. The van der Waals surface area contributed by atoms with Crippen molar-refractivity contribution in [1.29, 1.82) is 0 Å². The molecule has 0 N–H and O–H groups in total. The van der Waals surface area contributed by atoms with E-state index in [4.69, 9.17) is 4.98 Å². The SMILES string of the molecule is CC1Cc2cc(F)ccc2CN1CCc1nc2ccccc2n1C. The monoisotopic (exact) mass is 323 g/mol. The van der Waals surface area contributed by atoms with Crippen LogP contribution in [-0.2, 0) is 26.4 Å².